The van der Waals surface area contributed by atoms with Crippen molar-refractivity contribution in [3.05, 3.63) is 70.8 Å². The zero-order valence-electron chi connectivity index (χ0n) is 18.7. The van der Waals surface area contributed by atoms with Gasteiger partial charge in [-0.25, -0.2) is 27.5 Å². The van der Waals surface area contributed by atoms with E-state index in [1.165, 1.54) is 0 Å². The van der Waals surface area contributed by atoms with Crippen LogP contribution in [0.25, 0.3) is 0 Å². The molecule has 2 atom stereocenters. The molecule has 3 rings (SSSR count). The molecule has 0 spiro atoms. The van der Waals surface area contributed by atoms with Gasteiger partial charge in [0.15, 0.2) is 23.3 Å². The molecule has 1 aromatic carbocycles. The van der Waals surface area contributed by atoms with Crippen LogP contribution < -0.4 is 0 Å². The molecule has 2 unspecified atom stereocenters. The average molecular weight is 450 g/mol. The Balaban J connectivity index is 1.77. The third-order valence-electron chi connectivity index (χ3n) is 5.94. The van der Waals surface area contributed by atoms with Crippen LogP contribution in [0.3, 0.4) is 0 Å². The Morgan fingerprint density at radius 2 is 1.56 bits per heavy atom. The zero-order chi connectivity index (χ0) is 24.0. The summed E-state index contributed by atoms with van der Waals surface area (Å²) >= 11 is 0. The van der Waals surface area contributed by atoms with Gasteiger partial charge >= 0.3 is 5.97 Å². The van der Waals surface area contributed by atoms with E-state index in [1.807, 2.05) is 34.6 Å². The molecule has 8 heteroatoms. The van der Waals surface area contributed by atoms with E-state index in [9.17, 15) is 22.4 Å². The van der Waals surface area contributed by atoms with Crippen molar-refractivity contribution >= 4 is 5.97 Å². The smallest absolute Gasteiger partial charge is 0.310 e. The van der Waals surface area contributed by atoms with E-state index in [0.29, 0.717) is 5.82 Å². The first-order valence-electron chi connectivity index (χ1n) is 10.3. The van der Waals surface area contributed by atoms with Crippen LogP contribution in [-0.2, 0) is 28.0 Å². The monoisotopic (exact) mass is 450 g/mol. The highest BCUT2D eigenvalue weighted by molar-refractivity contribution is 5.79. The fraction of sp³-hybridized carbons (Fsp3) is 0.458. The summed E-state index contributed by atoms with van der Waals surface area (Å²) in [6.07, 6.45) is 4.08. The van der Waals surface area contributed by atoms with E-state index >= 15 is 0 Å². The summed E-state index contributed by atoms with van der Waals surface area (Å²) in [5.74, 6) is -7.10. The minimum Gasteiger partial charge on any atom is -0.460 e. The zero-order valence-corrected chi connectivity index (χ0v) is 18.7. The fourth-order valence-electron chi connectivity index (χ4n) is 3.99. The molecule has 2 aromatic rings. The van der Waals surface area contributed by atoms with Gasteiger partial charge in [0.2, 0.25) is 0 Å². The first-order chi connectivity index (χ1) is 14.8. The number of carbonyl (C=O) groups is 1. The topological polar surface area (TPSA) is 52.1 Å². The van der Waals surface area contributed by atoms with Crippen molar-refractivity contribution in [2.45, 2.75) is 59.0 Å². The summed E-state index contributed by atoms with van der Waals surface area (Å²) in [6.45, 7) is 12.0. The van der Waals surface area contributed by atoms with Gasteiger partial charge in [0.25, 0.3) is 0 Å². The van der Waals surface area contributed by atoms with E-state index in [1.54, 1.807) is 12.4 Å². The highest BCUT2D eigenvalue weighted by Gasteiger charge is 2.63. The van der Waals surface area contributed by atoms with Gasteiger partial charge in [0.1, 0.15) is 12.4 Å². The molecule has 1 aliphatic rings. The number of rotatable bonds is 6. The number of hydrogen-bond donors (Lipinski definition) is 0. The fourth-order valence-corrected chi connectivity index (χ4v) is 3.99. The first-order valence-corrected chi connectivity index (χ1v) is 10.3. The molecule has 1 aromatic heterocycles. The second kappa shape index (κ2) is 8.30. The molecule has 0 radical (unpaired) electrons. The molecule has 4 nitrogen and oxygen atoms in total. The summed E-state index contributed by atoms with van der Waals surface area (Å²) in [5, 5.41) is 0. The van der Waals surface area contributed by atoms with E-state index in [0.717, 1.165) is 11.6 Å². The van der Waals surface area contributed by atoms with Crippen LogP contribution >= 0.6 is 0 Å². The number of allylic oxidation sites excluding steroid dienone is 1. The summed E-state index contributed by atoms with van der Waals surface area (Å²) < 4.78 is 61.9. The number of nitrogens with zero attached hydrogens (tertiary/aromatic N) is 2. The summed E-state index contributed by atoms with van der Waals surface area (Å²) in [5.41, 5.74) is -1.70. The van der Waals surface area contributed by atoms with Crippen molar-refractivity contribution in [2.75, 3.05) is 0 Å². The Kier molecular flexibility index (Phi) is 6.19. The van der Waals surface area contributed by atoms with Gasteiger partial charge in [0, 0.05) is 29.3 Å². The summed E-state index contributed by atoms with van der Waals surface area (Å²) in [7, 11) is 0. The lowest BCUT2D eigenvalue weighted by Crippen LogP contribution is -2.16. The normalized spacial score (nSPS) is 19.5. The Morgan fingerprint density at radius 3 is 2.03 bits per heavy atom. The maximum absolute atomic E-state index is 14.3. The van der Waals surface area contributed by atoms with E-state index < -0.39 is 58.3 Å². The van der Waals surface area contributed by atoms with Gasteiger partial charge in [-0.1, -0.05) is 40.7 Å². The average Bonchev–Trinajstić information content (AvgIpc) is 3.31. The lowest BCUT2D eigenvalue weighted by Gasteiger charge is -2.16. The minimum absolute atomic E-state index is 0.226. The molecule has 0 N–H and O–H groups in total. The molecule has 1 fully saturated rings. The number of hydrogen-bond acceptors (Lipinski definition) is 4. The predicted molar refractivity (Wildman–Crippen MR) is 111 cm³/mol. The van der Waals surface area contributed by atoms with Crippen molar-refractivity contribution in [3.8, 4) is 0 Å². The molecule has 1 heterocycles. The first kappa shape index (κ1) is 23.9. The van der Waals surface area contributed by atoms with Gasteiger partial charge in [-0.15, -0.1) is 6.58 Å². The molecule has 0 saturated heterocycles. The maximum atomic E-state index is 14.3. The predicted octanol–water partition coefficient (Wildman–Crippen LogP) is 5.54. The standard InChI is InChI=1S/C24H26F4N2O2/c1-7-8-13-17(25)19(27)14(20(28)18(13)26)11-32-21(31)16-15(24(16,5)6)12-9-29-22(30-10-12)23(2,3)4/h7,9-10,15-16H,1,8,11H2,2-6H3. The van der Waals surface area contributed by atoms with Crippen molar-refractivity contribution in [1.29, 1.82) is 0 Å². The molecule has 0 bridgehead atoms. The largest absolute Gasteiger partial charge is 0.460 e. The number of carbonyl (C=O) groups excluding carboxylic acids is 1. The number of aromatic nitrogens is 2. The lowest BCUT2D eigenvalue weighted by atomic mass is 9.95. The van der Waals surface area contributed by atoms with E-state index in [4.69, 9.17) is 4.74 Å². The molecular weight excluding hydrogens is 424 g/mol. The Morgan fingerprint density at radius 1 is 1.06 bits per heavy atom. The van der Waals surface area contributed by atoms with Gasteiger partial charge in [-0.2, -0.15) is 0 Å². The van der Waals surface area contributed by atoms with Gasteiger partial charge in [-0.05, 0) is 17.4 Å². The molecule has 1 saturated carbocycles. The van der Waals surface area contributed by atoms with E-state index in [2.05, 4.69) is 16.5 Å². The Hall–Kier alpha value is -2.77. The molecule has 1 aliphatic carbocycles. The van der Waals surface area contributed by atoms with E-state index in [-0.39, 0.29) is 17.8 Å². The lowest BCUT2D eigenvalue weighted by molar-refractivity contribution is -0.147. The second-order valence-corrected chi connectivity index (χ2v) is 9.68. The van der Waals surface area contributed by atoms with Crippen molar-refractivity contribution in [3.63, 3.8) is 0 Å². The van der Waals surface area contributed by atoms with Crippen molar-refractivity contribution in [2.24, 2.45) is 11.3 Å². The van der Waals surface area contributed by atoms with Crippen LogP contribution in [-0.4, -0.2) is 15.9 Å². The SMILES string of the molecule is C=CCc1c(F)c(F)c(COC(=O)C2C(c3cnc(C(C)(C)C)nc3)C2(C)C)c(F)c1F. The third kappa shape index (κ3) is 4.14. The molecule has 0 aliphatic heterocycles. The van der Waals surface area contributed by atoms with Crippen molar-refractivity contribution < 1.29 is 27.1 Å². The Labute approximate surface area is 184 Å². The summed E-state index contributed by atoms with van der Waals surface area (Å²) in [6, 6.07) is 0. The van der Waals surface area contributed by atoms with Gasteiger partial charge in [-0.3, -0.25) is 4.79 Å². The van der Waals surface area contributed by atoms with Crippen LogP contribution in [0.5, 0.6) is 0 Å². The second-order valence-electron chi connectivity index (χ2n) is 9.68. The van der Waals surface area contributed by atoms with Crippen molar-refractivity contribution in [1.82, 2.24) is 9.97 Å². The van der Waals surface area contributed by atoms with Crippen LogP contribution in [0, 0.1) is 34.6 Å². The molecule has 172 valence electrons. The third-order valence-corrected chi connectivity index (χ3v) is 5.94. The number of halogens is 4. The number of esters is 1. The van der Waals surface area contributed by atoms with Crippen LogP contribution in [0.2, 0.25) is 0 Å². The number of ether oxygens (including phenoxy) is 1. The summed E-state index contributed by atoms with van der Waals surface area (Å²) in [4.78, 5) is 21.4. The van der Waals surface area contributed by atoms with Crippen LogP contribution in [0.1, 0.15) is 63.1 Å². The maximum Gasteiger partial charge on any atom is 0.310 e. The van der Waals surface area contributed by atoms with Crippen LogP contribution in [0.15, 0.2) is 25.0 Å². The highest BCUT2D eigenvalue weighted by Crippen LogP contribution is 2.64. The molecule has 32 heavy (non-hydrogen) atoms. The molecular formula is C24H26F4N2O2. The van der Waals surface area contributed by atoms with Gasteiger partial charge in [0.05, 0.1) is 11.5 Å². The number of benzene rings is 1. The van der Waals surface area contributed by atoms with Gasteiger partial charge < -0.3 is 4.74 Å². The highest BCUT2D eigenvalue weighted by atomic mass is 19.2. The molecule has 0 amide bonds. The minimum atomic E-state index is -1.58. The Bertz CT molecular complexity index is 1030. The quantitative estimate of drug-likeness (QED) is 0.251. The van der Waals surface area contributed by atoms with Crippen LogP contribution in [0.4, 0.5) is 17.6 Å².